The molecule has 1 heterocycles. The van der Waals surface area contributed by atoms with Gasteiger partial charge in [0.25, 0.3) is 0 Å². The van der Waals surface area contributed by atoms with Gasteiger partial charge in [0.2, 0.25) is 10.0 Å². The van der Waals surface area contributed by atoms with Crippen molar-refractivity contribution in [3.8, 4) is 0 Å². The van der Waals surface area contributed by atoms with Crippen molar-refractivity contribution >= 4 is 10.0 Å². The van der Waals surface area contributed by atoms with Gasteiger partial charge in [-0.15, -0.1) is 0 Å². The topological polar surface area (TPSA) is 114 Å². The lowest BCUT2D eigenvalue weighted by atomic mass is 10.2. The van der Waals surface area contributed by atoms with Crippen LogP contribution in [0, 0.1) is 5.82 Å². The predicted octanol–water partition coefficient (Wildman–Crippen LogP) is 0.314. The number of H-pyrrole nitrogens is 1. The number of halogens is 1. The monoisotopic (exact) mass is 313 g/mol. The van der Waals surface area contributed by atoms with E-state index in [4.69, 9.17) is 5.73 Å². The van der Waals surface area contributed by atoms with Crippen molar-refractivity contribution < 1.29 is 12.8 Å². The highest BCUT2D eigenvalue weighted by atomic mass is 32.2. The highest BCUT2D eigenvalue weighted by molar-refractivity contribution is 7.89. The van der Waals surface area contributed by atoms with E-state index in [-0.39, 0.29) is 18.0 Å². The molecule has 0 unspecified atom stereocenters. The molecule has 0 atom stereocenters. The number of aromatic amines is 1. The van der Waals surface area contributed by atoms with Crippen LogP contribution in [0.25, 0.3) is 0 Å². The van der Waals surface area contributed by atoms with Crippen LogP contribution in [0.4, 0.5) is 4.39 Å². The molecule has 9 heteroatoms. The number of hydrogen-bond acceptors (Lipinski definition) is 5. The van der Waals surface area contributed by atoms with Crippen molar-refractivity contribution in [2.75, 3.05) is 6.54 Å². The van der Waals surface area contributed by atoms with Gasteiger partial charge in [0.15, 0.2) is 0 Å². The highest BCUT2D eigenvalue weighted by Gasteiger charge is 2.18. The van der Waals surface area contributed by atoms with E-state index >= 15 is 0 Å². The van der Waals surface area contributed by atoms with Crippen molar-refractivity contribution in [3.63, 3.8) is 0 Å². The average molecular weight is 313 g/mol. The number of hydrogen-bond donors (Lipinski definition) is 3. The fraction of sp³-hybridized carbons (Fsp3) is 0.333. The van der Waals surface area contributed by atoms with Gasteiger partial charge in [-0.1, -0.05) is 6.07 Å². The molecule has 4 N–H and O–H groups in total. The summed E-state index contributed by atoms with van der Waals surface area (Å²) < 4.78 is 40.1. The minimum Gasteiger partial charge on any atom is -0.326 e. The molecular formula is C12H16FN5O2S. The summed E-state index contributed by atoms with van der Waals surface area (Å²) in [7, 11) is -3.87. The maximum Gasteiger partial charge on any atom is 0.243 e. The first-order valence-electron chi connectivity index (χ1n) is 6.35. The van der Waals surface area contributed by atoms with E-state index in [9.17, 15) is 12.8 Å². The minimum atomic E-state index is -3.87. The van der Waals surface area contributed by atoms with E-state index in [1.54, 1.807) is 0 Å². The van der Waals surface area contributed by atoms with Crippen molar-refractivity contribution in [1.82, 2.24) is 19.9 Å². The van der Waals surface area contributed by atoms with Crippen LogP contribution in [0.3, 0.4) is 0 Å². The summed E-state index contributed by atoms with van der Waals surface area (Å²) in [6.07, 6.45) is 2.46. The van der Waals surface area contributed by atoms with Crippen LogP contribution in [0.1, 0.15) is 17.8 Å². The molecule has 0 amide bonds. The lowest BCUT2D eigenvalue weighted by Gasteiger charge is -2.08. The maximum atomic E-state index is 13.8. The third-order valence-corrected chi connectivity index (χ3v) is 4.36. The first-order valence-corrected chi connectivity index (χ1v) is 7.83. The number of aryl methyl sites for hydroxylation is 1. The summed E-state index contributed by atoms with van der Waals surface area (Å²) in [5.74, 6) is -0.131. The Labute approximate surface area is 121 Å². The zero-order valence-corrected chi connectivity index (χ0v) is 12.0. The Balaban J connectivity index is 1.95. The van der Waals surface area contributed by atoms with Crippen LogP contribution in [0.5, 0.6) is 0 Å². The van der Waals surface area contributed by atoms with Crippen molar-refractivity contribution in [3.05, 3.63) is 41.7 Å². The summed E-state index contributed by atoms with van der Waals surface area (Å²) >= 11 is 0. The molecule has 0 aliphatic rings. The summed E-state index contributed by atoms with van der Waals surface area (Å²) in [4.78, 5) is 3.55. The molecular weight excluding hydrogens is 297 g/mol. The number of nitrogens with one attached hydrogen (secondary N) is 2. The second-order valence-electron chi connectivity index (χ2n) is 4.40. The van der Waals surface area contributed by atoms with Gasteiger partial charge >= 0.3 is 0 Å². The Hall–Kier alpha value is -1.84. The van der Waals surface area contributed by atoms with E-state index < -0.39 is 15.8 Å². The SMILES string of the molecule is NCc1ccc(S(=O)(=O)NCCCc2ncn[nH]2)c(F)c1. The summed E-state index contributed by atoms with van der Waals surface area (Å²) in [5, 5.41) is 6.37. The molecule has 0 saturated carbocycles. The zero-order valence-electron chi connectivity index (χ0n) is 11.2. The van der Waals surface area contributed by atoms with Crippen molar-refractivity contribution in [1.29, 1.82) is 0 Å². The highest BCUT2D eigenvalue weighted by Crippen LogP contribution is 2.15. The number of nitrogens with zero attached hydrogens (tertiary/aromatic N) is 2. The van der Waals surface area contributed by atoms with Gasteiger partial charge in [0.05, 0.1) is 0 Å². The maximum absolute atomic E-state index is 13.8. The normalized spacial score (nSPS) is 11.7. The predicted molar refractivity (Wildman–Crippen MR) is 74.2 cm³/mol. The van der Waals surface area contributed by atoms with Gasteiger partial charge in [0, 0.05) is 19.5 Å². The Kier molecular flexibility index (Phi) is 4.99. The summed E-state index contributed by atoms with van der Waals surface area (Å²) in [6.45, 7) is 0.336. The molecule has 2 rings (SSSR count). The van der Waals surface area contributed by atoms with Gasteiger partial charge in [-0.25, -0.2) is 22.5 Å². The molecule has 114 valence electrons. The van der Waals surface area contributed by atoms with E-state index in [1.165, 1.54) is 18.5 Å². The molecule has 0 saturated heterocycles. The number of sulfonamides is 1. The summed E-state index contributed by atoms with van der Waals surface area (Å²) in [6, 6.07) is 3.84. The molecule has 1 aromatic heterocycles. The molecule has 0 radical (unpaired) electrons. The second-order valence-corrected chi connectivity index (χ2v) is 6.14. The number of rotatable bonds is 7. The average Bonchev–Trinajstić information content (AvgIpc) is 2.96. The standard InChI is InChI=1S/C12H16FN5O2S/c13-10-6-9(7-14)3-4-11(10)21(19,20)17-5-1-2-12-15-8-16-18-12/h3-4,6,8,17H,1-2,5,7,14H2,(H,15,16,18). The second kappa shape index (κ2) is 6.74. The zero-order chi connectivity index (χ0) is 15.3. The molecule has 0 bridgehead atoms. The molecule has 0 aliphatic heterocycles. The lowest BCUT2D eigenvalue weighted by Crippen LogP contribution is -2.26. The lowest BCUT2D eigenvalue weighted by molar-refractivity contribution is 0.554. The fourth-order valence-electron chi connectivity index (χ4n) is 1.78. The van der Waals surface area contributed by atoms with Crippen molar-refractivity contribution in [2.45, 2.75) is 24.3 Å². The first kappa shape index (κ1) is 15.5. The Bertz CT molecular complexity index is 688. The van der Waals surface area contributed by atoms with Gasteiger partial charge < -0.3 is 5.73 Å². The third kappa shape index (κ3) is 4.06. The quantitative estimate of drug-likeness (QED) is 0.637. The first-order chi connectivity index (χ1) is 10.0. The van der Waals surface area contributed by atoms with Crippen LogP contribution in [-0.4, -0.2) is 30.1 Å². The van der Waals surface area contributed by atoms with E-state index in [1.807, 2.05) is 0 Å². The molecule has 7 nitrogen and oxygen atoms in total. The molecule has 0 spiro atoms. The molecule has 2 aromatic rings. The van der Waals surface area contributed by atoms with E-state index in [0.717, 1.165) is 6.07 Å². The number of benzene rings is 1. The molecule has 1 aromatic carbocycles. The van der Waals surface area contributed by atoms with Crippen LogP contribution in [0.15, 0.2) is 29.4 Å². The van der Waals surface area contributed by atoms with Crippen molar-refractivity contribution in [2.24, 2.45) is 5.73 Å². The Morgan fingerprint density at radius 2 is 2.19 bits per heavy atom. The van der Waals surface area contributed by atoms with Crippen LogP contribution in [0.2, 0.25) is 0 Å². The van der Waals surface area contributed by atoms with E-state index in [2.05, 4.69) is 19.9 Å². The Morgan fingerprint density at radius 3 is 2.81 bits per heavy atom. The fourth-order valence-corrected chi connectivity index (χ4v) is 2.91. The molecule has 21 heavy (non-hydrogen) atoms. The van der Waals surface area contributed by atoms with Gasteiger partial charge in [-0.05, 0) is 24.1 Å². The smallest absolute Gasteiger partial charge is 0.243 e. The van der Waals surface area contributed by atoms with Crippen LogP contribution < -0.4 is 10.5 Å². The number of aromatic nitrogens is 3. The van der Waals surface area contributed by atoms with Gasteiger partial charge in [0.1, 0.15) is 22.9 Å². The van der Waals surface area contributed by atoms with Gasteiger partial charge in [-0.3, -0.25) is 5.10 Å². The molecule has 0 aliphatic carbocycles. The van der Waals surface area contributed by atoms with Crippen LogP contribution in [-0.2, 0) is 23.0 Å². The number of nitrogens with two attached hydrogens (primary N) is 1. The summed E-state index contributed by atoms with van der Waals surface area (Å²) in [5.41, 5.74) is 5.92. The largest absolute Gasteiger partial charge is 0.326 e. The third-order valence-electron chi connectivity index (χ3n) is 2.87. The van der Waals surface area contributed by atoms with Gasteiger partial charge in [-0.2, -0.15) is 5.10 Å². The van der Waals surface area contributed by atoms with Crippen LogP contribution >= 0.6 is 0 Å². The molecule has 0 fully saturated rings. The Morgan fingerprint density at radius 1 is 1.38 bits per heavy atom. The minimum absolute atomic E-state index is 0.155. The van der Waals surface area contributed by atoms with E-state index in [0.29, 0.717) is 24.2 Å².